The molecule has 0 unspecified atom stereocenters. The van der Waals surface area contributed by atoms with Crippen LogP contribution in [-0.2, 0) is 17.6 Å². The first kappa shape index (κ1) is 20.8. The lowest BCUT2D eigenvalue weighted by Crippen LogP contribution is -2.49. The van der Waals surface area contributed by atoms with Crippen LogP contribution in [0.4, 0.5) is 11.5 Å². The Bertz CT molecular complexity index is 1020. The second kappa shape index (κ2) is 8.48. The quantitative estimate of drug-likeness (QED) is 0.488. The van der Waals surface area contributed by atoms with E-state index in [0.29, 0.717) is 18.2 Å². The van der Waals surface area contributed by atoms with Crippen LogP contribution in [0.2, 0.25) is 0 Å². The van der Waals surface area contributed by atoms with Gasteiger partial charge in [0, 0.05) is 67.8 Å². The fraction of sp³-hybridized carbons (Fsp3) is 0.542. The Morgan fingerprint density at radius 3 is 2.31 bits per heavy atom. The van der Waals surface area contributed by atoms with E-state index >= 15 is 0 Å². The molecular formula is C24H29N5O3. The van der Waals surface area contributed by atoms with Crippen molar-refractivity contribution in [2.45, 2.75) is 51.4 Å². The van der Waals surface area contributed by atoms with E-state index in [4.69, 9.17) is 9.97 Å². The summed E-state index contributed by atoms with van der Waals surface area (Å²) in [6.45, 7) is 5.13. The van der Waals surface area contributed by atoms with Crippen LogP contribution in [0.25, 0.3) is 0 Å². The fourth-order valence-electron chi connectivity index (χ4n) is 4.46. The Hall–Kier alpha value is -3.03. The molecule has 1 aromatic heterocycles. The van der Waals surface area contributed by atoms with E-state index in [1.165, 1.54) is 0 Å². The van der Waals surface area contributed by atoms with E-state index in [9.17, 15) is 14.9 Å². The number of non-ortho nitro benzene ring substituents is 1. The van der Waals surface area contributed by atoms with Gasteiger partial charge in [-0.05, 0) is 37.7 Å². The summed E-state index contributed by atoms with van der Waals surface area (Å²) in [5.74, 6) is 2.96. The van der Waals surface area contributed by atoms with E-state index in [2.05, 4.69) is 11.8 Å². The number of nitro groups is 1. The van der Waals surface area contributed by atoms with Gasteiger partial charge < -0.3 is 9.80 Å². The molecule has 0 bridgehead atoms. The van der Waals surface area contributed by atoms with Crippen LogP contribution < -0.4 is 4.90 Å². The molecule has 1 aliphatic heterocycles. The number of piperazine rings is 1. The Kier molecular flexibility index (Phi) is 5.53. The average Bonchev–Trinajstić information content (AvgIpc) is 3.72. The van der Waals surface area contributed by atoms with E-state index in [1.54, 1.807) is 12.1 Å². The number of anilines is 1. The molecule has 0 spiro atoms. The molecule has 2 heterocycles. The molecule has 2 aromatic rings. The molecule has 1 amide bonds. The van der Waals surface area contributed by atoms with Crippen molar-refractivity contribution in [3.05, 3.63) is 57.0 Å². The van der Waals surface area contributed by atoms with Crippen LogP contribution in [0.15, 0.2) is 24.3 Å². The molecule has 0 N–H and O–H groups in total. The largest absolute Gasteiger partial charge is 0.353 e. The maximum atomic E-state index is 12.5. The molecule has 1 aromatic carbocycles. The van der Waals surface area contributed by atoms with Gasteiger partial charge in [-0.15, -0.1) is 0 Å². The summed E-state index contributed by atoms with van der Waals surface area (Å²) >= 11 is 0. The Morgan fingerprint density at radius 2 is 1.75 bits per heavy atom. The zero-order valence-electron chi connectivity index (χ0n) is 18.5. The second-order valence-electron chi connectivity index (χ2n) is 9.15. The number of amides is 1. The summed E-state index contributed by atoms with van der Waals surface area (Å²) in [6, 6.07) is 6.76. The predicted octanol–water partition coefficient (Wildman–Crippen LogP) is 3.47. The van der Waals surface area contributed by atoms with Crippen molar-refractivity contribution in [3.63, 3.8) is 0 Å². The smallest absolute Gasteiger partial charge is 0.269 e. The van der Waals surface area contributed by atoms with Gasteiger partial charge in [-0.25, -0.2) is 9.97 Å². The molecule has 0 atom stereocenters. The van der Waals surface area contributed by atoms with Crippen molar-refractivity contribution < 1.29 is 9.72 Å². The van der Waals surface area contributed by atoms with E-state index in [0.717, 1.165) is 86.7 Å². The normalized spacial score (nSPS) is 18.7. The molecule has 0 radical (unpaired) electrons. The van der Waals surface area contributed by atoms with Gasteiger partial charge >= 0.3 is 0 Å². The van der Waals surface area contributed by atoms with Gasteiger partial charge in [-0.2, -0.15) is 0 Å². The lowest BCUT2D eigenvalue weighted by molar-refractivity contribution is -0.384. The minimum atomic E-state index is -0.372. The first-order valence-corrected chi connectivity index (χ1v) is 11.7. The number of hydrogen-bond acceptors (Lipinski definition) is 6. The van der Waals surface area contributed by atoms with E-state index < -0.39 is 0 Å². The number of aromatic nitrogens is 2. The number of aryl methyl sites for hydroxylation is 1. The number of carbonyl (C=O) groups excluding carboxylic acids is 1. The Labute approximate surface area is 187 Å². The summed E-state index contributed by atoms with van der Waals surface area (Å²) in [4.78, 5) is 37.4. The molecule has 1 saturated heterocycles. The van der Waals surface area contributed by atoms with Crippen molar-refractivity contribution in [2.24, 2.45) is 5.92 Å². The zero-order chi connectivity index (χ0) is 22.2. The third-order valence-corrected chi connectivity index (χ3v) is 6.71. The lowest BCUT2D eigenvalue weighted by atomic mass is 10.0. The highest BCUT2D eigenvalue weighted by atomic mass is 16.6. The van der Waals surface area contributed by atoms with Crippen LogP contribution in [0.1, 0.15) is 61.2 Å². The second-order valence-corrected chi connectivity index (χ2v) is 9.15. The molecule has 2 aliphatic carbocycles. The third-order valence-electron chi connectivity index (χ3n) is 6.71. The fourth-order valence-corrected chi connectivity index (χ4v) is 4.46. The number of hydrogen-bond donors (Lipinski definition) is 0. The number of rotatable bonds is 7. The van der Waals surface area contributed by atoms with Crippen molar-refractivity contribution in [3.8, 4) is 0 Å². The summed E-state index contributed by atoms with van der Waals surface area (Å²) < 4.78 is 0. The number of nitrogens with zero attached hydrogens (tertiary/aromatic N) is 5. The minimum absolute atomic E-state index is 0.0986. The van der Waals surface area contributed by atoms with Gasteiger partial charge in [0.25, 0.3) is 5.69 Å². The first-order valence-electron chi connectivity index (χ1n) is 11.7. The van der Waals surface area contributed by atoms with Gasteiger partial charge in [-0.1, -0.05) is 19.1 Å². The molecule has 8 heteroatoms. The summed E-state index contributed by atoms with van der Waals surface area (Å²) in [6.07, 6.45) is 5.83. The van der Waals surface area contributed by atoms with E-state index in [1.807, 2.05) is 17.0 Å². The Morgan fingerprint density at radius 1 is 1.06 bits per heavy atom. The zero-order valence-corrected chi connectivity index (χ0v) is 18.5. The third kappa shape index (κ3) is 4.31. The highest BCUT2D eigenvalue weighted by Gasteiger charge is 2.35. The summed E-state index contributed by atoms with van der Waals surface area (Å²) in [5.41, 5.74) is 3.28. The van der Waals surface area contributed by atoms with Gasteiger partial charge in [0.15, 0.2) is 0 Å². The van der Waals surface area contributed by atoms with Crippen LogP contribution in [0.5, 0.6) is 0 Å². The van der Waals surface area contributed by atoms with Crippen LogP contribution in [0, 0.1) is 16.0 Å². The number of nitro benzene ring substituents is 1. The molecule has 5 rings (SSSR count). The highest BCUT2D eigenvalue weighted by molar-refractivity contribution is 5.81. The molecule has 3 fully saturated rings. The molecule has 2 saturated carbocycles. The van der Waals surface area contributed by atoms with Crippen LogP contribution in [0.3, 0.4) is 0 Å². The van der Waals surface area contributed by atoms with Crippen molar-refractivity contribution in [1.82, 2.24) is 14.9 Å². The molecule has 168 valence electrons. The summed E-state index contributed by atoms with van der Waals surface area (Å²) in [5, 5.41) is 11.0. The maximum absolute atomic E-state index is 12.5. The van der Waals surface area contributed by atoms with Gasteiger partial charge in [0.05, 0.1) is 4.92 Å². The Balaban J connectivity index is 1.42. The molecule has 32 heavy (non-hydrogen) atoms. The maximum Gasteiger partial charge on any atom is 0.269 e. The minimum Gasteiger partial charge on any atom is -0.353 e. The topological polar surface area (TPSA) is 92.5 Å². The average molecular weight is 436 g/mol. The lowest BCUT2D eigenvalue weighted by Gasteiger charge is -2.37. The van der Waals surface area contributed by atoms with Crippen molar-refractivity contribution in [1.29, 1.82) is 0 Å². The molecular weight excluding hydrogens is 406 g/mol. The summed E-state index contributed by atoms with van der Waals surface area (Å²) in [7, 11) is 0. The molecule has 8 nitrogen and oxygen atoms in total. The predicted molar refractivity (Wildman–Crippen MR) is 121 cm³/mol. The SMILES string of the molecule is CCc1nc(C2CC2)nc(N2CCN(C(=O)C3CC3)CC2)c1Cc1ccc([N+](=O)[O-])cc1. The first-order chi connectivity index (χ1) is 15.5. The van der Waals surface area contributed by atoms with Gasteiger partial charge in [0.1, 0.15) is 11.6 Å². The number of carbonyl (C=O) groups is 1. The van der Waals surface area contributed by atoms with Crippen LogP contribution in [-0.4, -0.2) is 51.9 Å². The van der Waals surface area contributed by atoms with Gasteiger partial charge in [0.2, 0.25) is 5.91 Å². The van der Waals surface area contributed by atoms with Crippen molar-refractivity contribution >= 4 is 17.4 Å². The number of benzene rings is 1. The highest BCUT2D eigenvalue weighted by Crippen LogP contribution is 2.40. The molecule has 3 aliphatic rings. The monoisotopic (exact) mass is 435 g/mol. The standard InChI is InChI=1S/C24H29N5O3/c1-2-21-20(15-16-3-9-19(10-4-16)29(31)32)23(26-22(25-21)17-5-6-17)27-11-13-28(14-12-27)24(30)18-7-8-18/h3-4,9-10,17-18H,2,5-8,11-15H2,1H3. The van der Waals surface area contributed by atoms with E-state index in [-0.39, 0.29) is 16.5 Å². The van der Waals surface area contributed by atoms with Crippen LogP contribution >= 0.6 is 0 Å². The van der Waals surface area contributed by atoms with Gasteiger partial charge in [-0.3, -0.25) is 14.9 Å². The van der Waals surface area contributed by atoms with Crippen molar-refractivity contribution in [2.75, 3.05) is 31.1 Å².